The monoisotopic (exact) mass is 321 g/mol. The van der Waals surface area contributed by atoms with Crippen LogP contribution in [0.15, 0.2) is 0 Å². The van der Waals surface area contributed by atoms with Gasteiger partial charge in [0.2, 0.25) is 10.0 Å². The van der Waals surface area contributed by atoms with Crippen LogP contribution in [0, 0.1) is 11.8 Å². The molecule has 0 bridgehead atoms. The maximum Gasteiger partial charge on any atom is 0.310 e. The third kappa shape index (κ3) is 5.92. The molecule has 7 heteroatoms. The van der Waals surface area contributed by atoms with E-state index in [0.29, 0.717) is 44.9 Å². The third-order valence-corrected chi connectivity index (χ3v) is 5.54. The molecule has 0 aromatic rings. The maximum atomic E-state index is 12.2. The Labute approximate surface area is 127 Å². The highest BCUT2D eigenvalue weighted by atomic mass is 32.2. The standard InChI is InChI=1S/C14H27NO5S/c1-11(2)10-20-9-5-8-15-21(17,18)13-7-4-6-12(13)14(16)19-3/h11-13,15H,4-10H2,1-3H3. The van der Waals surface area contributed by atoms with Gasteiger partial charge in [0.15, 0.2) is 0 Å². The summed E-state index contributed by atoms with van der Waals surface area (Å²) in [5, 5.41) is -0.665. The zero-order valence-electron chi connectivity index (χ0n) is 13.1. The Bertz CT molecular complexity index is 421. The van der Waals surface area contributed by atoms with Crippen LogP contribution in [-0.2, 0) is 24.3 Å². The van der Waals surface area contributed by atoms with E-state index in [2.05, 4.69) is 23.3 Å². The molecule has 1 aliphatic carbocycles. The summed E-state index contributed by atoms with van der Waals surface area (Å²) in [4.78, 5) is 11.6. The van der Waals surface area contributed by atoms with Crippen molar-refractivity contribution in [2.45, 2.75) is 44.8 Å². The molecule has 0 aliphatic heterocycles. The molecule has 0 radical (unpaired) electrons. The first kappa shape index (κ1) is 18.4. The quantitative estimate of drug-likeness (QED) is 0.511. The number of methoxy groups -OCH3 is 1. The zero-order chi connectivity index (χ0) is 15.9. The number of rotatable bonds is 9. The van der Waals surface area contributed by atoms with Gasteiger partial charge in [-0.3, -0.25) is 4.79 Å². The van der Waals surface area contributed by atoms with Gasteiger partial charge in [-0.1, -0.05) is 20.3 Å². The van der Waals surface area contributed by atoms with Crippen molar-refractivity contribution in [2.75, 3.05) is 26.9 Å². The highest BCUT2D eigenvalue weighted by molar-refractivity contribution is 7.90. The molecule has 0 saturated heterocycles. The second-order valence-electron chi connectivity index (χ2n) is 5.86. The highest BCUT2D eigenvalue weighted by Crippen LogP contribution is 2.31. The summed E-state index contributed by atoms with van der Waals surface area (Å²) in [7, 11) is -2.18. The lowest BCUT2D eigenvalue weighted by atomic mass is 10.1. The molecule has 124 valence electrons. The number of hydrogen-bond acceptors (Lipinski definition) is 5. The minimum absolute atomic E-state index is 0.338. The molecule has 6 nitrogen and oxygen atoms in total. The first-order valence-electron chi connectivity index (χ1n) is 7.52. The van der Waals surface area contributed by atoms with E-state index >= 15 is 0 Å². The second kappa shape index (κ2) is 8.70. The molecule has 1 aliphatic rings. The van der Waals surface area contributed by atoms with Crippen LogP contribution in [0.1, 0.15) is 39.5 Å². The molecule has 0 aromatic carbocycles. The van der Waals surface area contributed by atoms with Gasteiger partial charge in [0, 0.05) is 19.8 Å². The van der Waals surface area contributed by atoms with E-state index in [4.69, 9.17) is 4.74 Å². The van der Waals surface area contributed by atoms with Gasteiger partial charge in [0.05, 0.1) is 18.3 Å². The van der Waals surface area contributed by atoms with Crippen molar-refractivity contribution in [1.29, 1.82) is 0 Å². The molecule has 0 aromatic heterocycles. The van der Waals surface area contributed by atoms with Gasteiger partial charge in [-0.15, -0.1) is 0 Å². The molecular formula is C14H27NO5S. The van der Waals surface area contributed by atoms with E-state index < -0.39 is 27.2 Å². The van der Waals surface area contributed by atoms with E-state index in [9.17, 15) is 13.2 Å². The van der Waals surface area contributed by atoms with Crippen LogP contribution in [0.4, 0.5) is 0 Å². The maximum absolute atomic E-state index is 12.2. The van der Waals surface area contributed by atoms with Crippen molar-refractivity contribution in [2.24, 2.45) is 11.8 Å². The van der Waals surface area contributed by atoms with E-state index in [0.717, 1.165) is 6.42 Å². The fraction of sp³-hybridized carbons (Fsp3) is 0.929. The molecule has 2 unspecified atom stereocenters. The van der Waals surface area contributed by atoms with Crippen LogP contribution in [0.3, 0.4) is 0 Å². The van der Waals surface area contributed by atoms with Gasteiger partial charge in [0.25, 0.3) is 0 Å². The van der Waals surface area contributed by atoms with Crippen LogP contribution in [0.5, 0.6) is 0 Å². The van der Waals surface area contributed by atoms with Crippen LogP contribution >= 0.6 is 0 Å². The Morgan fingerprint density at radius 1 is 1.33 bits per heavy atom. The number of carbonyl (C=O) groups is 1. The Hall–Kier alpha value is -0.660. The number of nitrogens with one attached hydrogen (secondary N) is 1. The number of hydrogen-bond donors (Lipinski definition) is 1. The van der Waals surface area contributed by atoms with E-state index in [1.807, 2.05) is 0 Å². The fourth-order valence-corrected chi connectivity index (χ4v) is 4.33. The summed E-state index contributed by atoms with van der Waals surface area (Å²) in [6, 6.07) is 0. The average Bonchev–Trinajstić information content (AvgIpc) is 2.91. The lowest BCUT2D eigenvalue weighted by Gasteiger charge is -2.18. The summed E-state index contributed by atoms with van der Waals surface area (Å²) < 4.78 is 37.2. The van der Waals surface area contributed by atoms with Gasteiger partial charge in [-0.25, -0.2) is 13.1 Å². The number of ether oxygens (including phenoxy) is 2. The fourth-order valence-electron chi connectivity index (χ4n) is 2.53. The number of esters is 1. The topological polar surface area (TPSA) is 81.7 Å². The van der Waals surface area contributed by atoms with Crippen LogP contribution in [-0.4, -0.2) is 46.5 Å². The molecule has 2 atom stereocenters. The molecule has 0 spiro atoms. The van der Waals surface area contributed by atoms with Gasteiger partial charge in [-0.2, -0.15) is 0 Å². The summed E-state index contributed by atoms with van der Waals surface area (Å²) >= 11 is 0. The van der Waals surface area contributed by atoms with Gasteiger partial charge in [0.1, 0.15) is 0 Å². The normalized spacial score (nSPS) is 22.7. The lowest BCUT2D eigenvalue weighted by Crippen LogP contribution is -2.40. The van der Waals surface area contributed by atoms with Crippen LogP contribution in [0.2, 0.25) is 0 Å². The largest absolute Gasteiger partial charge is 0.469 e. The van der Waals surface area contributed by atoms with Crippen LogP contribution < -0.4 is 4.72 Å². The van der Waals surface area contributed by atoms with Crippen LogP contribution in [0.25, 0.3) is 0 Å². The Morgan fingerprint density at radius 3 is 2.67 bits per heavy atom. The summed E-state index contributed by atoms with van der Waals surface area (Å²) in [6.07, 6.45) is 2.46. The van der Waals surface area contributed by atoms with Crippen molar-refractivity contribution >= 4 is 16.0 Å². The van der Waals surface area contributed by atoms with E-state index in [1.165, 1.54) is 7.11 Å². The SMILES string of the molecule is COC(=O)C1CCCC1S(=O)(=O)NCCCOCC(C)C. The van der Waals surface area contributed by atoms with Gasteiger partial charge < -0.3 is 9.47 Å². The zero-order valence-corrected chi connectivity index (χ0v) is 13.9. The molecule has 0 amide bonds. The predicted octanol–water partition coefficient (Wildman–Crippen LogP) is 1.31. The molecule has 1 N–H and O–H groups in total. The predicted molar refractivity (Wildman–Crippen MR) is 80.3 cm³/mol. The first-order valence-corrected chi connectivity index (χ1v) is 9.07. The Kier molecular flexibility index (Phi) is 7.62. The smallest absolute Gasteiger partial charge is 0.310 e. The number of sulfonamides is 1. The van der Waals surface area contributed by atoms with Crippen molar-refractivity contribution < 1.29 is 22.7 Å². The molecule has 1 rings (SSSR count). The molecule has 0 heterocycles. The Balaban J connectivity index is 2.37. The first-order chi connectivity index (χ1) is 9.88. The van der Waals surface area contributed by atoms with Gasteiger partial charge in [-0.05, 0) is 25.2 Å². The summed E-state index contributed by atoms with van der Waals surface area (Å²) in [5.41, 5.74) is 0. The minimum atomic E-state index is -3.47. The van der Waals surface area contributed by atoms with Crippen molar-refractivity contribution in [3.05, 3.63) is 0 Å². The Morgan fingerprint density at radius 2 is 2.05 bits per heavy atom. The molecule has 1 saturated carbocycles. The minimum Gasteiger partial charge on any atom is -0.469 e. The van der Waals surface area contributed by atoms with Gasteiger partial charge >= 0.3 is 5.97 Å². The highest BCUT2D eigenvalue weighted by Gasteiger charge is 2.41. The lowest BCUT2D eigenvalue weighted by molar-refractivity contribution is -0.145. The molecule has 21 heavy (non-hydrogen) atoms. The average molecular weight is 321 g/mol. The molecule has 1 fully saturated rings. The van der Waals surface area contributed by atoms with Crippen molar-refractivity contribution in [1.82, 2.24) is 4.72 Å². The summed E-state index contributed by atoms with van der Waals surface area (Å²) in [5.74, 6) is -0.492. The second-order valence-corrected chi connectivity index (χ2v) is 7.84. The third-order valence-electron chi connectivity index (χ3n) is 3.57. The van der Waals surface area contributed by atoms with Crippen molar-refractivity contribution in [3.63, 3.8) is 0 Å². The number of carbonyl (C=O) groups excluding carboxylic acids is 1. The summed E-state index contributed by atoms with van der Waals surface area (Å²) in [6.45, 7) is 5.68. The molecular weight excluding hydrogens is 294 g/mol. The van der Waals surface area contributed by atoms with E-state index in [-0.39, 0.29) is 0 Å². The van der Waals surface area contributed by atoms with E-state index in [1.54, 1.807) is 0 Å². The van der Waals surface area contributed by atoms with Crippen molar-refractivity contribution in [3.8, 4) is 0 Å².